The molecule has 0 saturated carbocycles. The van der Waals surface area contributed by atoms with Crippen LogP contribution in [-0.2, 0) is 4.79 Å². The molecule has 2 aromatic rings. The van der Waals surface area contributed by atoms with Gasteiger partial charge < -0.3 is 4.90 Å². The maximum Gasteiger partial charge on any atom is 0.236 e. The summed E-state index contributed by atoms with van der Waals surface area (Å²) in [7, 11) is 0. The van der Waals surface area contributed by atoms with Gasteiger partial charge in [0.25, 0.3) is 0 Å². The fourth-order valence-electron chi connectivity index (χ4n) is 4.16. The molecule has 142 valence electrons. The summed E-state index contributed by atoms with van der Waals surface area (Å²) in [6.07, 6.45) is 7.71. The van der Waals surface area contributed by atoms with Gasteiger partial charge in [-0.15, -0.1) is 0 Å². The molecule has 1 atom stereocenters. The number of hydrogen-bond donors (Lipinski definition) is 0. The summed E-state index contributed by atoms with van der Waals surface area (Å²) in [5.41, 5.74) is 2.64. The standard InChI is InChI=1S/C21H25FN4O/c22-18-7-5-16(6-8-18)20-21(24-10-9-23-20)17-4-3-11-25(14-17)15-19(27)26-12-1-2-13-26/h5-10,17H,1-4,11-15H2/t17-/m0/s1. The minimum absolute atomic E-state index is 0.235. The number of likely N-dealkylation sites (tertiary alicyclic amines) is 2. The Labute approximate surface area is 159 Å². The fraction of sp³-hybridized carbons (Fsp3) is 0.476. The third-order valence-corrected chi connectivity index (χ3v) is 5.55. The van der Waals surface area contributed by atoms with Gasteiger partial charge in [0.15, 0.2) is 0 Å². The highest BCUT2D eigenvalue weighted by atomic mass is 19.1. The molecule has 3 heterocycles. The lowest BCUT2D eigenvalue weighted by atomic mass is 9.91. The van der Waals surface area contributed by atoms with Crippen molar-refractivity contribution in [2.24, 2.45) is 0 Å². The van der Waals surface area contributed by atoms with E-state index in [0.717, 1.165) is 68.8 Å². The Hall–Kier alpha value is -2.34. The summed E-state index contributed by atoms with van der Waals surface area (Å²) in [5, 5.41) is 0. The Morgan fingerprint density at radius 3 is 2.56 bits per heavy atom. The van der Waals surface area contributed by atoms with Crippen molar-refractivity contribution in [3.63, 3.8) is 0 Å². The van der Waals surface area contributed by atoms with Crippen LogP contribution in [0.25, 0.3) is 11.3 Å². The lowest BCUT2D eigenvalue weighted by Crippen LogP contribution is -2.43. The van der Waals surface area contributed by atoms with Gasteiger partial charge in [-0.2, -0.15) is 0 Å². The van der Waals surface area contributed by atoms with Crippen LogP contribution in [0.2, 0.25) is 0 Å². The lowest BCUT2D eigenvalue weighted by Gasteiger charge is -2.33. The largest absolute Gasteiger partial charge is 0.342 e. The Morgan fingerprint density at radius 1 is 1.04 bits per heavy atom. The minimum Gasteiger partial charge on any atom is -0.342 e. The molecule has 2 aliphatic rings. The highest BCUT2D eigenvalue weighted by Crippen LogP contribution is 2.31. The van der Waals surface area contributed by atoms with Gasteiger partial charge in [-0.3, -0.25) is 19.7 Å². The number of piperidine rings is 1. The normalized spacial score (nSPS) is 20.8. The van der Waals surface area contributed by atoms with Crippen LogP contribution in [0, 0.1) is 5.82 Å². The monoisotopic (exact) mass is 368 g/mol. The summed E-state index contributed by atoms with van der Waals surface area (Å²) in [5.74, 6) is 0.221. The molecule has 2 fully saturated rings. The SMILES string of the molecule is O=C(CN1CCC[C@H](c2nccnc2-c2ccc(F)cc2)C1)N1CCCC1. The number of aromatic nitrogens is 2. The van der Waals surface area contributed by atoms with Crippen molar-refractivity contribution in [1.29, 1.82) is 0 Å². The van der Waals surface area contributed by atoms with E-state index in [9.17, 15) is 9.18 Å². The third-order valence-electron chi connectivity index (χ3n) is 5.55. The molecule has 0 spiro atoms. The molecule has 0 N–H and O–H groups in total. The molecule has 0 radical (unpaired) electrons. The van der Waals surface area contributed by atoms with Gasteiger partial charge in [0.05, 0.1) is 17.9 Å². The zero-order chi connectivity index (χ0) is 18.6. The van der Waals surface area contributed by atoms with Gasteiger partial charge in [0, 0.05) is 43.5 Å². The van der Waals surface area contributed by atoms with Crippen molar-refractivity contribution < 1.29 is 9.18 Å². The fourth-order valence-corrected chi connectivity index (χ4v) is 4.16. The number of benzene rings is 1. The van der Waals surface area contributed by atoms with Crippen LogP contribution in [0.15, 0.2) is 36.7 Å². The van der Waals surface area contributed by atoms with Crippen LogP contribution in [0.4, 0.5) is 4.39 Å². The second kappa shape index (κ2) is 8.13. The molecular weight excluding hydrogens is 343 g/mol. The molecule has 1 aromatic heterocycles. The number of halogens is 1. The highest BCUT2D eigenvalue weighted by Gasteiger charge is 2.28. The van der Waals surface area contributed by atoms with E-state index < -0.39 is 0 Å². The topological polar surface area (TPSA) is 49.3 Å². The van der Waals surface area contributed by atoms with Gasteiger partial charge in [-0.1, -0.05) is 0 Å². The molecule has 4 rings (SSSR count). The second-order valence-electron chi connectivity index (χ2n) is 7.46. The number of nitrogens with zero attached hydrogens (tertiary/aromatic N) is 4. The van der Waals surface area contributed by atoms with Crippen molar-refractivity contribution in [2.45, 2.75) is 31.6 Å². The quantitative estimate of drug-likeness (QED) is 0.832. The first-order valence-corrected chi connectivity index (χ1v) is 9.77. The van der Waals surface area contributed by atoms with E-state index in [0.29, 0.717) is 6.54 Å². The van der Waals surface area contributed by atoms with Crippen LogP contribution >= 0.6 is 0 Å². The average molecular weight is 368 g/mol. The van der Waals surface area contributed by atoms with E-state index in [1.807, 2.05) is 4.90 Å². The van der Waals surface area contributed by atoms with Crippen molar-refractivity contribution in [2.75, 3.05) is 32.7 Å². The van der Waals surface area contributed by atoms with Gasteiger partial charge in [-0.05, 0) is 56.5 Å². The first-order chi connectivity index (χ1) is 13.2. The second-order valence-corrected chi connectivity index (χ2v) is 7.46. The Kier molecular flexibility index (Phi) is 5.43. The Bertz CT molecular complexity index is 789. The molecule has 2 saturated heterocycles. The van der Waals surface area contributed by atoms with Crippen molar-refractivity contribution in [3.8, 4) is 11.3 Å². The molecule has 1 aromatic carbocycles. The van der Waals surface area contributed by atoms with Crippen LogP contribution < -0.4 is 0 Å². The van der Waals surface area contributed by atoms with E-state index in [1.54, 1.807) is 24.5 Å². The van der Waals surface area contributed by atoms with Gasteiger partial charge in [0.2, 0.25) is 5.91 Å². The van der Waals surface area contributed by atoms with Crippen LogP contribution in [0.3, 0.4) is 0 Å². The summed E-state index contributed by atoms with van der Waals surface area (Å²) in [6.45, 7) is 4.04. The van der Waals surface area contributed by atoms with E-state index in [4.69, 9.17) is 0 Å². The maximum absolute atomic E-state index is 13.3. The smallest absolute Gasteiger partial charge is 0.236 e. The number of carbonyl (C=O) groups is 1. The molecule has 6 heteroatoms. The van der Waals surface area contributed by atoms with Crippen molar-refractivity contribution in [1.82, 2.24) is 19.8 Å². The molecule has 27 heavy (non-hydrogen) atoms. The number of rotatable bonds is 4. The average Bonchev–Trinajstić information content (AvgIpc) is 3.24. The van der Waals surface area contributed by atoms with E-state index in [-0.39, 0.29) is 17.6 Å². The molecule has 1 amide bonds. The molecule has 0 unspecified atom stereocenters. The van der Waals surface area contributed by atoms with Crippen LogP contribution in [0.1, 0.15) is 37.3 Å². The summed E-state index contributed by atoms with van der Waals surface area (Å²) < 4.78 is 13.3. The van der Waals surface area contributed by atoms with Crippen molar-refractivity contribution in [3.05, 3.63) is 48.2 Å². The number of amides is 1. The predicted molar refractivity (Wildman–Crippen MR) is 102 cm³/mol. The first kappa shape index (κ1) is 18.0. The minimum atomic E-state index is -0.256. The van der Waals surface area contributed by atoms with Crippen LogP contribution in [0.5, 0.6) is 0 Å². The zero-order valence-corrected chi connectivity index (χ0v) is 15.5. The Morgan fingerprint density at radius 2 is 1.78 bits per heavy atom. The molecule has 2 aliphatic heterocycles. The summed E-state index contributed by atoms with van der Waals surface area (Å²) in [6, 6.07) is 6.41. The highest BCUT2D eigenvalue weighted by molar-refractivity contribution is 5.78. The predicted octanol–water partition coefficient (Wildman–Crippen LogP) is 3.08. The summed E-state index contributed by atoms with van der Waals surface area (Å²) >= 11 is 0. The number of hydrogen-bond acceptors (Lipinski definition) is 4. The lowest BCUT2D eigenvalue weighted by molar-refractivity contribution is -0.131. The van der Waals surface area contributed by atoms with E-state index in [1.165, 1.54) is 12.1 Å². The van der Waals surface area contributed by atoms with Crippen molar-refractivity contribution >= 4 is 5.91 Å². The van der Waals surface area contributed by atoms with Gasteiger partial charge in [0.1, 0.15) is 5.82 Å². The molecule has 0 bridgehead atoms. The van der Waals surface area contributed by atoms with Crippen LogP contribution in [-0.4, -0.2) is 58.4 Å². The Balaban J connectivity index is 1.50. The molecular formula is C21H25FN4O. The third kappa shape index (κ3) is 4.16. The molecule has 5 nitrogen and oxygen atoms in total. The molecule has 0 aliphatic carbocycles. The van der Waals surface area contributed by atoms with Gasteiger partial charge >= 0.3 is 0 Å². The first-order valence-electron chi connectivity index (χ1n) is 9.77. The van der Waals surface area contributed by atoms with E-state index >= 15 is 0 Å². The maximum atomic E-state index is 13.3. The van der Waals surface area contributed by atoms with Gasteiger partial charge in [-0.25, -0.2) is 4.39 Å². The number of carbonyl (C=O) groups excluding carboxylic acids is 1. The zero-order valence-electron chi connectivity index (χ0n) is 15.5. The van der Waals surface area contributed by atoms with E-state index in [2.05, 4.69) is 14.9 Å². The summed E-state index contributed by atoms with van der Waals surface area (Å²) in [4.78, 5) is 25.9.